The van der Waals surface area contributed by atoms with E-state index in [1.807, 2.05) is 0 Å². The largest absolute Gasteiger partial charge is 0.379 e. The van der Waals surface area contributed by atoms with Gasteiger partial charge in [0.2, 0.25) is 0 Å². The summed E-state index contributed by atoms with van der Waals surface area (Å²) < 4.78 is 27.5. The van der Waals surface area contributed by atoms with Crippen LogP contribution < -0.4 is 10.6 Å². The zero-order valence-corrected chi connectivity index (χ0v) is 9.76. The van der Waals surface area contributed by atoms with Crippen molar-refractivity contribution in [2.24, 2.45) is 0 Å². The number of ether oxygens (including phenoxy) is 1. The van der Waals surface area contributed by atoms with Crippen LogP contribution in [0.3, 0.4) is 0 Å². The van der Waals surface area contributed by atoms with E-state index >= 15 is 0 Å². The minimum atomic E-state index is -2.94. The molecule has 2 fully saturated rings. The molecule has 2 saturated heterocycles. The van der Waals surface area contributed by atoms with Gasteiger partial charge >= 0.3 is 6.03 Å². The second-order valence-electron chi connectivity index (χ2n) is 4.28. The summed E-state index contributed by atoms with van der Waals surface area (Å²) in [4.78, 5) is 11.5. The normalized spacial score (nSPS) is 32.5. The predicted octanol–water partition coefficient (Wildman–Crippen LogP) is -0.738. The molecular formula is C9H16N2O4S. The van der Waals surface area contributed by atoms with Crippen molar-refractivity contribution in [3.8, 4) is 0 Å². The number of amides is 2. The van der Waals surface area contributed by atoms with Gasteiger partial charge in [-0.3, -0.25) is 0 Å². The third-order valence-electron chi connectivity index (χ3n) is 2.83. The summed E-state index contributed by atoms with van der Waals surface area (Å²) in [5, 5.41) is 5.44. The molecule has 0 bridgehead atoms. The SMILES string of the molecule is O=C(NC1CCOC1)NC1CCS(=O)(=O)C1. The van der Waals surface area contributed by atoms with Crippen LogP contribution in [-0.2, 0) is 14.6 Å². The van der Waals surface area contributed by atoms with Crippen molar-refractivity contribution < 1.29 is 17.9 Å². The van der Waals surface area contributed by atoms with E-state index in [1.54, 1.807) is 0 Å². The van der Waals surface area contributed by atoms with Gasteiger partial charge in [-0.1, -0.05) is 0 Å². The van der Waals surface area contributed by atoms with Gasteiger partial charge in [0.25, 0.3) is 0 Å². The zero-order chi connectivity index (χ0) is 11.6. The topological polar surface area (TPSA) is 84.5 Å². The van der Waals surface area contributed by atoms with Crippen molar-refractivity contribution in [1.29, 1.82) is 0 Å². The highest BCUT2D eigenvalue weighted by Gasteiger charge is 2.29. The summed E-state index contributed by atoms with van der Waals surface area (Å²) in [6.07, 6.45) is 1.33. The van der Waals surface area contributed by atoms with Crippen LogP contribution in [0.1, 0.15) is 12.8 Å². The maximum Gasteiger partial charge on any atom is 0.315 e. The van der Waals surface area contributed by atoms with E-state index in [4.69, 9.17) is 4.74 Å². The lowest BCUT2D eigenvalue weighted by molar-refractivity contribution is 0.188. The lowest BCUT2D eigenvalue weighted by atomic mass is 10.2. The lowest BCUT2D eigenvalue weighted by Crippen LogP contribution is -2.46. The van der Waals surface area contributed by atoms with E-state index in [-0.39, 0.29) is 29.6 Å². The monoisotopic (exact) mass is 248 g/mol. The van der Waals surface area contributed by atoms with E-state index in [0.717, 1.165) is 6.42 Å². The van der Waals surface area contributed by atoms with E-state index in [2.05, 4.69) is 10.6 Å². The van der Waals surface area contributed by atoms with Crippen molar-refractivity contribution in [3.05, 3.63) is 0 Å². The van der Waals surface area contributed by atoms with Crippen LogP contribution in [0.2, 0.25) is 0 Å². The Hall–Kier alpha value is -0.820. The number of hydrogen-bond donors (Lipinski definition) is 2. The van der Waals surface area contributed by atoms with E-state index in [9.17, 15) is 13.2 Å². The maximum absolute atomic E-state index is 11.5. The highest BCUT2D eigenvalue weighted by atomic mass is 32.2. The first kappa shape index (κ1) is 11.7. The highest BCUT2D eigenvalue weighted by molar-refractivity contribution is 7.91. The summed E-state index contributed by atoms with van der Waals surface area (Å²) in [5.74, 6) is 0.228. The summed E-state index contributed by atoms with van der Waals surface area (Å²) in [6.45, 7) is 1.21. The molecule has 2 heterocycles. The minimum Gasteiger partial charge on any atom is -0.379 e. The predicted molar refractivity (Wildman–Crippen MR) is 58.0 cm³/mol. The number of carbonyl (C=O) groups is 1. The Balaban J connectivity index is 1.75. The van der Waals surface area contributed by atoms with Gasteiger partial charge in [0, 0.05) is 12.6 Å². The molecule has 0 aromatic carbocycles. The Morgan fingerprint density at radius 2 is 1.94 bits per heavy atom. The van der Waals surface area contributed by atoms with Crippen LogP contribution in [0.4, 0.5) is 4.79 Å². The molecule has 2 unspecified atom stereocenters. The van der Waals surface area contributed by atoms with Crippen LogP contribution in [-0.4, -0.2) is 51.3 Å². The molecule has 0 saturated carbocycles. The molecule has 0 aliphatic carbocycles. The molecular weight excluding hydrogens is 232 g/mol. The standard InChI is InChI=1S/C9H16N2O4S/c12-9(10-7-1-3-15-5-7)11-8-2-4-16(13,14)6-8/h7-8H,1-6H2,(H2,10,11,12). The van der Waals surface area contributed by atoms with Gasteiger partial charge in [-0.25, -0.2) is 13.2 Å². The number of nitrogens with one attached hydrogen (secondary N) is 2. The molecule has 92 valence electrons. The summed E-state index contributed by atoms with van der Waals surface area (Å²) >= 11 is 0. The Morgan fingerprint density at radius 1 is 1.19 bits per heavy atom. The molecule has 0 spiro atoms. The summed E-state index contributed by atoms with van der Waals surface area (Å²) in [7, 11) is -2.94. The summed E-state index contributed by atoms with van der Waals surface area (Å²) in [6, 6.07) is -0.483. The second-order valence-corrected chi connectivity index (χ2v) is 6.51. The Bertz CT molecular complexity index is 362. The Kier molecular flexibility index (Phi) is 3.34. The third-order valence-corrected chi connectivity index (χ3v) is 4.60. The van der Waals surface area contributed by atoms with Crippen LogP contribution >= 0.6 is 0 Å². The van der Waals surface area contributed by atoms with Crippen molar-refractivity contribution in [1.82, 2.24) is 10.6 Å². The van der Waals surface area contributed by atoms with Crippen molar-refractivity contribution >= 4 is 15.9 Å². The first-order chi connectivity index (χ1) is 7.55. The maximum atomic E-state index is 11.5. The number of urea groups is 1. The molecule has 2 atom stereocenters. The highest BCUT2D eigenvalue weighted by Crippen LogP contribution is 2.11. The fourth-order valence-corrected chi connectivity index (χ4v) is 3.64. The van der Waals surface area contributed by atoms with Crippen LogP contribution in [0.25, 0.3) is 0 Å². The average Bonchev–Trinajstić information content (AvgIpc) is 2.76. The molecule has 2 amide bonds. The van der Waals surface area contributed by atoms with Gasteiger partial charge in [0.15, 0.2) is 9.84 Å². The van der Waals surface area contributed by atoms with E-state index < -0.39 is 9.84 Å². The van der Waals surface area contributed by atoms with Crippen LogP contribution in [0.5, 0.6) is 0 Å². The molecule has 7 heteroatoms. The van der Waals surface area contributed by atoms with Gasteiger partial charge in [-0.05, 0) is 12.8 Å². The molecule has 2 rings (SSSR count). The average molecular weight is 248 g/mol. The van der Waals surface area contributed by atoms with Crippen molar-refractivity contribution in [3.63, 3.8) is 0 Å². The van der Waals surface area contributed by atoms with E-state index in [0.29, 0.717) is 19.6 Å². The summed E-state index contributed by atoms with van der Waals surface area (Å²) in [5.41, 5.74) is 0. The first-order valence-electron chi connectivity index (χ1n) is 5.40. The number of hydrogen-bond acceptors (Lipinski definition) is 4. The zero-order valence-electron chi connectivity index (χ0n) is 8.94. The minimum absolute atomic E-state index is 0.0537. The van der Waals surface area contributed by atoms with E-state index in [1.165, 1.54) is 0 Å². The molecule has 2 aliphatic rings. The lowest BCUT2D eigenvalue weighted by Gasteiger charge is -2.15. The van der Waals surface area contributed by atoms with Gasteiger partial charge in [0.1, 0.15) is 0 Å². The second kappa shape index (κ2) is 4.58. The molecule has 2 aliphatic heterocycles. The first-order valence-corrected chi connectivity index (χ1v) is 7.22. The molecule has 0 aromatic heterocycles. The number of rotatable bonds is 2. The number of carbonyl (C=O) groups excluding carboxylic acids is 1. The molecule has 16 heavy (non-hydrogen) atoms. The third kappa shape index (κ3) is 3.08. The van der Waals surface area contributed by atoms with Crippen LogP contribution in [0, 0.1) is 0 Å². The molecule has 6 nitrogen and oxygen atoms in total. The Labute approximate surface area is 94.6 Å². The van der Waals surface area contributed by atoms with Crippen molar-refractivity contribution in [2.45, 2.75) is 24.9 Å². The number of sulfone groups is 1. The van der Waals surface area contributed by atoms with Crippen molar-refractivity contribution in [2.75, 3.05) is 24.7 Å². The van der Waals surface area contributed by atoms with Gasteiger partial charge in [-0.15, -0.1) is 0 Å². The molecule has 2 N–H and O–H groups in total. The fraction of sp³-hybridized carbons (Fsp3) is 0.889. The quantitative estimate of drug-likeness (QED) is 0.674. The molecule has 0 aromatic rings. The van der Waals surface area contributed by atoms with Gasteiger partial charge in [-0.2, -0.15) is 0 Å². The van der Waals surface area contributed by atoms with Gasteiger partial charge in [0.05, 0.1) is 24.2 Å². The smallest absolute Gasteiger partial charge is 0.315 e. The van der Waals surface area contributed by atoms with Crippen LogP contribution in [0.15, 0.2) is 0 Å². The Morgan fingerprint density at radius 3 is 2.50 bits per heavy atom. The fourth-order valence-electron chi connectivity index (χ4n) is 1.97. The molecule has 0 radical (unpaired) electrons. The van der Waals surface area contributed by atoms with Gasteiger partial charge < -0.3 is 15.4 Å².